The number of para-hydroxylation sites is 1. The van der Waals surface area contributed by atoms with E-state index in [1.54, 1.807) is 24.3 Å². The van der Waals surface area contributed by atoms with Gasteiger partial charge in [-0.1, -0.05) is 18.2 Å². The maximum absolute atomic E-state index is 12.2. The fraction of sp³-hybridized carbons (Fsp3) is 0.0952. The van der Waals surface area contributed by atoms with Crippen LogP contribution in [0.4, 0.5) is 5.69 Å². The van der Waals surface area contributed by atoms with Crippen molar-refractivity contribution in [2.24, 2.45) is 0 Å². The number of rotatable bonds is 6. The number of benzene rings is 2. The molecular formula is C21H18N2O5. The summed E-state index contributed by atoms with van der Waals surface area (Å²) in [6.45, 7) is -0.230. The van der Waals surface area contributed by atoms with E-state index in [-0.39, 0.29) is 12.1 Å². The van der Waals surface area contributed by atoms with Crippen LogP contribution < -0.4 is 15.6 Å². The fourth-order valence-corrected chi connectivity index (χ4v) is 2.48. The zero-order valence-electron chi connectivity index (χ0n) is 15.1. The number of anilines is 1. The van der Waals surface area contributed by atoms with Gasteiger partial charge < -0.3 is 19.4 Å². The molecule has 0 aliphatic heterocycles. The molecule has 1 heterocycles. The summed E-state index contributed by atoms with van der Waals surface area (Å²) < 4.78 is 11.5. The van der Waals surface area contributed by atoms with E-state index in [4.69, 9.17) is 4.74 Å². The Labute approximate surface area is 161 Å². The topological polar surface area (TPSA) is 86.6 Å². The molecule has 0 spiro atoms. The lowest BCUT2D eigenvalue weighted by atomic mass is 10.2. The lowest BCUT2D eigenvalue weighted by Crippen LogP contribution is -2.27. The molecule has 1 amide bonds. The Morgan fingerprint density at radius 2 is 1.61 bits per heavy atom. The minimum Gasteiger partial charge on any atom is -0.465 e. The lowest BCUT2D eigenvalue weighted by molar-refractivity contribution is -0.116. The molecule has 3 aromatic rings. The summed E-state index contributed by atoms with van der Waals surface area (Å²) in [5.74, 6) is 0.361. The van der Waals surface area contributed by atoms with Crippen molar-refractivity contribution in [2.45, 2.75) is 6.54 Å². The molecule has 1 N–H and O–H groups in total. The Morgan fingerprint density at radius 1 is 0.929 bits per heavy atom. The van der Waals surface area contributed by atoms with E-state index < -0.39 is 17.4 Å². The summed E-state index contributed by atoms with van der Waals surface area (Å²) in [6.07, 6.45) is 1.30. The van der Waals surface area contributed by atoms with Gasteiger partial charge >= 0.3 is 5.97 Å². The SMILES string of the molecule is COC(=O)c1ccc(=O)n(CC(=O)Nc2ccc(Oc3ccccc3)cc2)c1. The van der Waals surface area contributed by atoms with Crippen molar-refractivity contribution < 1.29 is 19.1 Å². The zero-order chi connectivity index (χ0) is 19.9. The van der Waals surface area contributed by atoms with E-state index in [1.807, 2.05) is 30.3 Å². The Morgan fingerprint density at radius 3 is 2.29 bits per heavy atom. The monoisotopic (exact) mass is 378 g/mol. The van der Waals surface area contributed by atoms with E-state index in [0.717, 1.165) is 4.57 Å². The number of ether oxygens (including phenoxy) is 2. The van der Waals surface area contributed by atoms with Gasteiger partial charge in [-0.25, -0.2) is 4.79 Å². The van der Waals surface area contributed by atoms with E-state index >= 15 is 0 Å². The molecular weight excluding hydrogens is 360 g/mol. The standard InChI is InChI=1S/C21H18N2O5/c1-27-21(26)15-7-12-20(25)23(13-15)14-19(24)22-16-8-10-18(11-9-16)28-17-5-3-2-4-6-17/h2-13H,14H2,1H3,(H,22,24). The molecule has 0 atom stereocenters. The van der Waals surface area contributed by atoms with Gasteiger partial charge in [0.25, 0.3) is 5.56 Å². The van der Waals surface area contributed by atoms with Gasteiger partial charge in [-0.2, -0.15) is 0 Å². The second kappa shape index (κ2) is 8.68. The van der Waals surface area contributed by atoms with Crippen LogP contribution in [0.5, 0.6) is 11.5 Å². The highest BCUT2D eigenvalue weighted by Gasteiger charge is 2.10. The first kappa shape index (κ1) is 18.9. The molecule has 7 heteroatoms. The Balaban J connectivity index is 1.63. The van der Waals surface area contributed by atoms with Crippen LogP contribution in [0.15, 0.2) is 77.7 Å². The quantitative estimate of drug-likeness (QED) is 0.666. The second-order valence-electron chi connectivity index (χ2n) is 5.86. The number of hydrogen-bond acceptors (Lipinski definition) is 5. The molecule has 0 aliphatic carbocycles. The molecule has 0 bridgehead atoms. The summed E-state index contributed by atoms with van der Waals surface area (Å²) in [7, 11) is 1.25. The van der Waals surface area contributed by atoms with Crippen molar-refractivity contribution in [1.82, 2.24) is 4.57 Å². The lowest BCUT2D eigenvalue weighted by Gasteiger charge is -2.10. The second-order valence-corrected chi connectivity index (χ2v) is 5.86. The van der Waals surface area contributed by atoms with Gasteiger partial charge in [0.05, 0.1) is 12.7 Å². The van der Waals surface area contributed by atoms with Crippen LogP contribution in [0.3, 0.4) is 0 Å². The normalized spacial score (nSPS) is 10.2. The van der Waals surface area contributed by atoms with Crippen LogP contribution >= 0.6 is 0 Å². The van der Waals surface area contributed by atoms with Crippen LogP contribution in [0.1, 0.15) is 10.4 Å². The predicted molar refractivity (Wildman–Crippen MR) is 104 cm³/mol. The Bertz CT molecular complexity index is 1030. The Hall–Kier alpha value is -3.87. The van der Waals surface area contributed by atoms with Gasteiger partial charge in [0.1, 0.15) is 18.0 Å². The molecule has 1 aromatic heterocycles. The highest BCUT2D eigenvalue weighted by atomic mass is 16.5. The molecule has 28 heavy (non-hydrogen) atoms. The summed E-state index contributed by atoms with van der Waals surface area (Å²) >= 11 is 0. The molecule has 0 fully saturated rings. The predicted octanol–water partition coefficient (Wildman–Crippen LogP) is 3.07. The summed E-state index contributed by atoms with van der Waals surface area (Å²) in [5, 5.41) is 2.70. The third-order valence-electron chi connectivity index (χ3n) is 3.84. The molecule has 0 saturated heterocycles. The molecule has 0 unspecified atom stereocenters. The van der Waals surface area contributed by atoms with E-state index in [9.17, 15) is 14.4 Å². The smallest absolute Gasteiger partial charge is 0.339 e. The van der Waals surface area contributed by atoms with Gasteiger partial charge in [0, 0.05) is 18.0 Å². The van der Waals surface area contributed by atoms with Crippen molar-refractivity contribution in [3.05, 3.63) is 88.8 Å². The van der Waals surface area contributed by atoms with Crippen molar-refractivity contribution >= 4 is 17.6 Å². The van der Waals surface area contributed by atoms with E-state index in [0.29, 0.717) is 17.2 Å². The average Bonchev–Trinajstić information content (AvgIpc) is 2.71. The number of amides is 1. The van der Waals surface area contributed by atoms with Crippen molar-refractivity contribution in [3.63, 3.8) is 0 Å². The number of pyridine rings is 1. The van der Waals surface area contributed by atoms with E-state index in [1.165, 1.54) is 25.4 Å². The maximum atomic E-state index is 12.2. The van der Waals surface area contributed by atoms with Crippen LogP contribution in [0.25, 0.3) is 0 Å². The summed E-state index contributed by atoms with van der Waals surface area (Å²) in [5.41, 5.74) is 0.356. The number of nitrogens with zero attached hydrogens (tertiary/aromatic N) is 1. The molecule has 3 rings (SSSR count). The first-order valence-corrected chi connectivity index (χ1v) is 8.47. The third-order valence-corrected chi connectivity index (χ3v) is 3.84. The number of nitrogens with one attached hydrogen (secondary N) is 1. The number of hydrogen-bond donors (Lipinski definition) is 1. The molecule has 142 valence electrons. The third kappa shape index (κ3) is 4.85. The van der Waals surface area contributed by atoms with Gasteiger partial charge in [-0.3, -0.25) is 9.59 Å². The zero-order valence-corrected chi connectivity index (χ0v) is 15.1. The number of carbonyl (C=O) groups excluding carboxylic acids is 2. The van der Waals surface area contributed by atoms with Crippen LogP contribution in [-0.4, -0.2) is 23.6 Å². The summed E-state index contributed by atoms with van der Waals surface area (Å²) in [4.78, 5) is 35.7. The first-order chi connectivity index (χ1) is 13.5. The largest absolute Gasteiger partial charge is 0.465 e. The highest BCUT2D eigenvalue weighted by molar-refractivity contribution is 5.91. The van der Waals surface area contributed by atoms with Gasteiger partial charge in [0.2, 0.25) is 5.91 Å². The fourth-order valence-electron chi connectivity index (χ4n) is 2.48. The number of carbonyl (C=O) groups is 2. The highest BCUT2D eigenvalue weighted by Crippen LogP contribution is 2.22. The number of esters is 1. The van der Waals surface area contributed by atoms with Crippen molar-refractivity contribution in [2.75, 3.05) is 12.4 Å². The first-order valence-electron chi connectivity index (χ1n) is 8.47. The van der Waals surface area contributed by atoms with Crippen LogP contribution in [0, 0.1) is 0 Å². The molecule has 0 saturated carbocycles. The van der Waals surface area contributed by atoms with Crippen LogP contribution in [0.2, 0.25) is 0 Å². The summed E-state index contributed by atoms with van der Waals surface area (Å²) in [6, 6.07) is 18.8. The van der Waals surface area contributed by atoms with Crippen molar-refractivity contribution in [1.29, 1.82) is 0 Å². The molecule has 0 radical (unpaired) electrons. The maximum Gasteiger partial charge on any atom is 0.339 e. The minimum absolute atomic E-state index is 0.192. The average molecular weight is 378 g/mol. The number of methoxy groups -OCH3 is 1. The minimum atomic E-state index is -0.580. The Kier molecular flexibility index (Phi) is 5.86. The van der Waals surface area contributed by atoms with E-state index in [2.05, 4.69) is 10.1 Å². The molecule has 0 aliphatic rings. The molecule has 7 nitrogen and oxygen atoms in total. The van der Waals surface area contributed by atoms with Gasteiger partial charge in [-0.05, 0) is 42.5 Å². The van der Waals surface area contributed by atoms with Crippen LogP contribution in [-0.2, 0) is 16.1 Å². The number of aromatic nitrogens is 1. The van der Waals surface area contributed by atoms with Gasteiger partial charge in [0.15, 0.2) is 0 Å². The van der Waals surface area contributed by atoms with Crippen molar-refractivity contribution in [3.8, 4) is 11.5 Å². The molecule has 2 aromatic carbocycles. The van der Waals surface area contributed by atoms with Gasteiger partial charge in [-0.15, -0.1) is 0 Å².